The monoisotopic (exact) mass is 315 g/mol. The number of hydrogen-bond donors (Lipinski definition) is 2. The van der Waals surface area contributed by atoms with E-state index in [9.17, 15) is 4.79 Å². The molecule has 0 bridgehead atoms. The minimum absolute atomic E-state index is 0.0880. The van der Waals surface area contributed by atoms with Crippen molar-refractivity contribution in [1.82, 2.24) is 4.98 Å². The number of para-hydroxylation sites is 2. The molecule has 1 unspecified atom stereocenters. The number of Topliss-reactive ketones (excluding diaryl/α,β-unsaturated/α-hetero) is 1. The van der Waals surface area contributed by atoms with E-state index in [-0.39, 0.29) is 11.8 Å². The SMILES string of the molecule is NC1CC1=O.Nc1ccc(Cl)cc1-c1nc2ccccc2o1. The second-order valence-electron chi connectivity index (χ2n) is 5.00. The van der Waals surface area contributed by atoms with E-state index in [2.05, 4.69) is 4.98 Å². The molecule has 4 N–H and O–H groups in total. The van der Waals surface area contributed by atoms with Gasteiger partial charge in [0, 0.05) is 17.1 Å². The zero-order valence-corrected chi connectivity index (χ0v) is 12.4. The number of carbonyl (C=O) groups excluding carboxylic acids is 1. The van der Waals surface area contributed by atoms with Crippen LogP contribution in [0, 0.1) is 0 Å². The molecule has 6 heteroatoms. The zero-order valence-electron chi connectivity index (χ0n) is 11.6. The van der Waals surface area contributed by atoms with Crippen LogP contribution in [-0.4, -0.2) is 16.8 Å². The standard InChI is InChI=1S/C13H9ClN2O.C3H5NO/c14-8-5-6-10(15)9(7-8)13-16-11-3-1-2-4-12(11)17-13;4-2-1-3(2)5/h1-7H,15H2;2H,1,4H2. The number of rotatable bonds is 1. The Labute approximate surface area is 131 Å². The maximum atomic E-state index is 9.76. The van der Waals surface area contributed by atoms with Crippen LogP contribution in [0.5, 0.6) is 0 Å². The highest BCUT2D eigenvalue weighted by Crippen LogP contribution is 2.30. The van der Waals surface area contributed by atoms with Crippen molar-refractivity contribution >= 4 is 34.2 Å². The summed E-state index contributed by atoms with van der Waals surface area (Å²) in [4.78, 5) is 14.1. The van der Waals surface area contributed by atoms with E-state index >= 15 is 0 Å². The molecule has 1 fully saturated rings. The number of benzene rings is 2. The fourth-order valence-corrected chi connectivity index (χ4v) is 2.03. The van der Waals surface area contributed by atoms with Crippen LogP contribution in [-0.2, 0) is 4.79 Å². The predicted octanol–water partition coefficient (Wildman–Crippen LogP) is 3.02. The van der Waals surface area contributed by atoms with Gasteiger partial charge >= 0.3 is 0 Å². The maximum absolute atomic E-state index is 9.76. The largest absolute Gasteiger partial charge is 0.436 e. The normalized spacial score (nSPS) is 16.3. The number of nitrogen functional groups attached to an aromatic ring is 1. The van der Waals surface area contributed by atoms with Crippen molar-refractivity contribution < 1.29 is 9.21 Å². The molecule has 0 spiro atoms. The Balaban J connectivity index is 0.000000246. The summed E-state index contributed by atoms with van der Waals surface area (Å²) in [5.74, 6) is 0.691. The highest BCUT2D eigenvalue weighted by molar-refractivity contribution is 6.31. The lowest BCUT2D eigenvalue weighted by Gasteiger charge is -2.00. The van der Waals surface area contributed by atoms with Gasteiger partial charge in [-0.1, -0.05) is 23.7 Å². The summed E-state index contributed by atoms with van der Waals surface area (Å²) in [5.41, 5.74) is 13.8. The Morgan fingerprint density at radius 3 is 2.55 bits per heavy atom. The number of aromatic nitrogens is 1. The topological polar surface area (TPSA) is 95.1 Å². The number of hydrogen-bond acceptors (Lipinski definition) is 5. The third kappa shape index (κ3) is 3.10. The number of anilines is 1. The van der Waals surface area contributed by atoms with Crippen LogP contribution in [0.15, 0.2) is 46.9 Å². The molecule has 1 atom stereocenters. The summed E-state index contributed by atoms with van der Waals surface area (Å²) in [6.45, 7) is 0. The molecule has 4 rings (SSSR count). The van der Waals surface area contributed by atoms with E-state index in [0.717, 1.165) is 11.1 Å². The molecule has 112 valence electrons. The van der Waals surface area contributed by atoms with Crippen LogP contribution in [0.4, 0.5) is 5.69 Å². The number of ketones is 1. The molecule has 0 radical (unpaired) electrons. The molecule has 22 heavy (non-hydrogen) atoms. The van der Waals surface area contributed by atoms with Gasteiger partial charge in [-0.25, -0.2) is 4.98 Å². The molecule has 0 aliphatic heterocycles. The van der Waals surface area contributed by atoms with Crippen LogP contribution in [0.1, 0.15) is 6.42 Å². The van der Waals surface area contributed by atoms with Crippen molar-refractivity contribution in [3.63, 3.8) is 0 Å². The molecule has 1 aromatic heterocycles. The zero-order chi connectivity index (χ0) is 15.7. The fraction of sp³-hybridized carbons (Fsp3) is 0.125. The first-order valence-corrected chi connectivity index (χ1v) is 7.11. The molecule has 0 saturated heterocycles. The predicted molar refractivity (Wildman–Crippen MR) is 86.5 cm³/mol. The van der Waals surface area contributed by atoms with Crippen molar-refractivity contribution in [3.8, 4) is 11.5 Å². The number of halogens is 1. The summed E-state index contributed by atoms with van der Waals surface area (Å²) in [6.07, 6.45) is 0.611. The van der Waals surface area contributed by atoms with Gasteiger partial charge in [0.1, 0.15) is 5.52 Å². The van der Waals surface area contributed by atoms with Crippen molar-refractivity contribution in [2.24, 2.45) is 5.73 Å². The van der Waals surface area contributed by atoms with Gasteiger partial charge in [-0.3, -0.25) is 4.79 Å². The summed E-state index contributed by atoms with van der Waals surface area (Å²) in [7, 11) is 0. The third-order valence-electron chi connectivity index (χ3n) is 3.21. The smallest absolute Gasteiger partial charge is 0.229 e. The molecule has 1 saturated carbocycles. The Hall–Kier alpha value is -2.37. The molecule has 3 aromatic rings. The van der Waals surface area contributed by atoms with Crippen LogP contribution < -0.4 is 11.5 Å². The van der Waals surface area contributed by atoms with Gasteiger partial charge in [0.05, 0.1) is 11.6 Å². The van der Waals surface area contributed by atoms with Gasteiger partial charge in [-0.05, 0) is 30.3 Å². The highest BCUT2D eigenvalue weighted by atomic mass is 35.5. The number of nitrogens with two attached hydrogens (primary N) is 2. The highest BCUT2D eigenvalue weighted by Gasteiger charge is 2.29. The Morgan fingerprint density at radius 1 is 1.23 bits per heavy atom. The van der Waals surface area contributed by atoms with Gasteiger partial charge in [-0.2, -0.15) is 0 Å². The second kappa shape index (κ2) is 5.79. The summed E-state index contributed by atoms with van der Waals surface area (Å²) >= 11 is 5.94. The van der Waals surface area contributed by atoms with E-state index in [1.807, 2.05) is 24.3 Å². The van der Waals surface area contributed by atoms with Crippen LogP contribution in [0.2, 0.25) is 5.02 Å². The van der Waals surface area contributed by atoms with Crippen LogP contribution >= 0.6 is 11.6 Å². The summed E-state index contributed by atoms with van der Waals surface area (Å²) in [5, 5.41) is 0.608. The first-order chi connectivity index (χ1) is 10.5. The van der Waals surface area contributed by atoms with E-state index in [4.69, 9.17) is 27.5 Å². The molecule has 1 aliphatic carbocycles. The Bertz CT molecular complexity index is 811. The van der Waals surface area contributed by atoms with Gasteiger partial charge in [-0.15, -0.1) is 0 Å². The molecule has 5 nitrogen and oxygen atoms in total. The minimum atomic E-state index is -0.0880. The van der Waals surface area contributed by atoms with Crippen molar-refractivity contribution in [1.29, 1.82) is 0 Å². The van der Waals surface area contributed by atoms with E-state index < -0.39 is 0 Å². The molecule has 1 aliphatic rings. The number of nitrogens with zero attached hydrogens (tertiary/aromatic N) is 1. The molecule has 2 aromatic carbocycles. The number of carbonyl (C=O) groups is 1. The number of fused-ring (bicyclic) bond motifs is 1. The molecule has 0 amide bonds. The van der Waals surface area contributed by atoms with E-state index in [0.29, 0.717) is 28.6 Å². The van der Waals surface area contributed by atoms with Crippen molar-refractivity contribution in [3.05, 3.63) is 47.5 Å². The van der Waals surface area contributed by atoms with Crippen LogP contribution in [0.3, 0.4) is 0 Å². The first kappa shape index (κ1) is 14.6. The van der Waals surface area contributed by atoms with E-state index in [1.165, 1.54) is 0 Å². The Kier molecular flexibility index (Phi) is 3.83. The van der Waals surface area contributed by atoms with Gasteiger partial charge in [0.2, 0.25) is 5.89 Å². The average Bonchev–Trinajstić information content (AvgIpc) is 3.01. The first-order valence-electron chi connectivity index (χ1n) is 6.74. The lowest BCUT2D eigenvalue weighted by molar-refractivity contribution is -0.110. The molecule has 1 heterocycles. The minimum Gasteiger partial charge on any atom is -0.436 e. The maximum Gasteiger partial charge on any atom is 0.229 e. The van der Waals surface area contributed by atoms with Crippen molar-refractivity contribution in [2.45, 2.75) is 12.5 Å². The summed E-state index contributed by atoms with van der Waals surface area (Å²) < 4.78 is 5.64. The fourth-order valence-electron chi connectivity index (χ4n) is 1.86. The quantitative estimate of drug-likeness (QED) is 0.673. The van der Waals surface area contributed by atoms with Gasteiger partial charge in [0.15, 0.2) is 11.4 Å². The lowest BCUT2D eigenvalue weighted by Crippen LogP contribution is -1.99. The van der Waals surface area contributed by atoms with Gasteiger partial charge in [0.25, 0.3) is 0 Å². The number of oxazole rings is 1. The lowest BCUT2D eigenvalue weighted by atomic mass is 10.2. The van der Waals surface area contributed by atoms with Crippen LogP contribution in [0.25, 0.3) is 22.6 Å². The van der Waals surface area contributed by atoms with E-state index in [1.54, 1.807) is 18.2 Å². The summed E-state index contributed by atoms with van der Waals surface area (Å²) in [6, 6.07) is 12.7. The second-order valence-corrected chi connectivity index (χ2v) is 5.43. The molecular weight excluding hydrogens is 302 g/mol. The average molecular weight is 316 g/mol. The van der Waals surface area contributed by atoms with Gasteiger partial charge < -0.3 is 15.9 Å². The Morgan fingerprint density at radius 2 is 1.91 bits per heavy atom. The van der Waals surface area contributed by atoms with Crippen molar-refractivity contribution in [2.75, 3.05) is 5.73 Å². The molecular formula is C16H14ClN3O2. The third-order valence-corrected chi connectivity index (χ3v) is 3.45.